The van der Waals surface area contributed by atoms with Crippen LogP contribution in [0.15, 0.2) is 12.1 Å². The van der Waals surface area contributed by atoms with Crippen LogP contribution in [0, 0.1) is 0 Å². The minimum absolute atomic E-state index is 0.0998. The zero-order valence-electron chi connectivity index (χ0n) is 9.24. The van der Waals surface area contributed by atoms with Gasteiger partial charge in [0.25, 0.3) is 0 Å². The fourth-order valence-electron chi connectivity index (χ4n) is 1.87. The monoisotopic (exact) mass is 345 g/mol. The quantitative estimate of drug-likeness (QED) is 0.773. The molecule has 1 saturated heterocycles. The smallest absolute Gasteiger partial charge is 0.307 e. The van der Waals surface area contributed by atoms with Gasteiger partial charge in [0.2, 0.25) is 5.91 Å². The summed E-state index contributed by atoms with van der Waals surface area (Å²) in [6.45, 7) is -0.321. The molecule has 1 aliphatic heterocycles. The van der Waals surface area contributed by atoms with Crippen molar-refractivity contribution in [1.29, 1.82) is 0 Å². The van der Waals surface area contributed by atoms with Crippen LogP contribution in [0.25, 0.3) is 0 Å². The standard InChI is InChI=1S/C10H7Cl3FNO3S/c11-5-1-7(12)10(8(13)2-5)15-4-6(3-9(15)16)19(14,17)18/h1-2,6H,3-4H2. The van der Waals surface area contributed by atoms with Gasteiger partial charge in [-0.3, -0.25) is 4.79 Å². The summed E-state index contributed by atoms with van der Waals surface area (Å²) in [6.07, 6.45) is -0.436. The van der Waals surface area contributed by atoms with E-state index in [0.717, 1.165) is 4.90 Å². The second-order valence-corrected chi connectivity index (χ2v) is 6.89. The van der Waals surface area contributed by atoms with E-state index in [4.69, 9.17) is 34.8 Å². The first-order chi connectivity index (χ1) is 8.70. The SMILES string of the molecule is O=C1CC(S(=O)(=O)F)CN1c1c(Cl)cc(Cl)cc1Cl. The third kappa shape index (κ3) is 2.97. The number of amides is 1. The molecule has 9 heteroatoms. The summed E-state index contributed by atoms with van der Waals surface area (Å²) in [4.78, 5) is 12.8. The van der Waals surface area contributed by atoms with E-state index in [0.29, 0.717) is 0 Å². The summed E-state index contributed by atoms with van der Waals surface area (Å²) in [7, 11) is -4.78. The van der Waals surface area contributed by atoms with E-state index in [9.17, 15) is 17.1 Å². The molecule has 1 aromatic carbocycles. The van der Waals surface area contributed by atoms with E-state index in [1.165, 1.54) is 12.1 Å². The summed E-state index contributed by atoms with van der Waals surface area (Å²) >= 11 is 17.6. The van der Waals surface area contributed by atoms with Gasteiger partial charge >= 0.3 is 10.2 Å². The molecule has 1 heterocycles. The lowest BCUT2D eigenvalue weighted by molar-refractivity contribution is -0.117. The Kier molecular flexibility index (Phi) is 3.97. The zero-order chi connectivity index (χ0) is 14.4. The summed E-state index contributed by atoms with van der Waals surface area (Å²) in [5.41, 5.74) is 0.142. The highest BCUT2D eigenvalue weighted by molar-refractivity contribution is 7.87. The van der Waals surface area contributed by atoms with Crippen LogP contribution in [0.2, 0.25) is 15.1 Å². The number of carbonyl (C=O) groups is 1. The molecule has 2 rings (SSSR count). The highest BCUT2D eigenvalue weighted by atomic mass is 35.5. The van der Waals surface area contributed by atoms with Gasteiger partial charge in [-0.05, 0) is 12.1 Å². The lowest BCUT2D eigenvalue weighted by atomic mass is 10.3. The molecule has 0 spiro atoms. The van der Waals surface area contributed by atoms with Crippen LogP contribution in [0.1, 0.15) is 6.42 Å². The van der Waals surface area contributed by atoms with Crippen molar-refractivity contribution in [2.75, 3.05) is 11.4 Å². The maximum Gasteiger partial charge on any atom is 0.307 e. The van der Waals surface area contributed by atoms with Crippen LogP contribution < -0.4 is 4.90 Å². The summed E-state index contributed by atoms with van der Waals surface area (Å²) in [5, 5.41) is -0.923. The van der Waals surface area contributed by atoms with E-state index in [-0.39, 0.29) is 27.3 Å². The fourth-order valence-corrected chi connectivity index (χ4v) is 3.56. The fraction of sp³-hybridized carbons (Fsp3) is 0.300. The molecule has 0 N–H and O–H groups in total. The molecule has 1 atom stereocenters. The molecular weight excluding hydrogens is 340 g/mol. The minimum Gasteiger partial charge on any atom is -0.308 e. The van der Waals surface area contributed by atoms with Crippen LogP contribution in [0.5, 0.6) is 0 Å². The van der Waals surface area contributed by atoms with Crippen LogP contribution in [-0.2, 0) is 15.0 Å². The topological polar surface area (TPSA) is 54.5 Å². The lowest BCUT2D eigenvalue weighted by Gasteiger charge is -2.19. The number of hydrogen-bond donors (Lipinski definition) is 0. The zero-order valence-corrected chi connectivity index (χ0v) is 12.3. The van der Waals surface area contributed by atoms with Gasteiger partial charge < -0.3 is 4.90 Å². The van der Waals surface area contributed by atoms with E-state index < -0.39 is 27.8 Å². The number of carbonyl (C=O) groups excluding carboxylic acids is 1. The Hall–Kier alpha value is -0.560. The van der Waals surface area contributed by atoms with Gasteiger partial charge in [-0.1, -0.05) is 34.8 Å². The van der Waals surface area contributed by atoms with Crippen molar-refractivity contribution in [3.8, 4) is 0 Å². The minimum atomic E-state index is -4.78. The van der Waals surface area contributed by atoms with E-state index in [1.807, 2.05) is 0 Å². The molecule has 4 nitrogen and oxygen atoms in total. The van der Waals surface area contributed by atoms with Gasteiger partial charge in [-0.2, -0.15) is 8.42 Å². The Morgan fingerprint density at radius 3 is 2.16 bits per heavy atom. The molecule has 0 saturated carbocycles. The molecule has 0 bridgehead atoms. The third-order valence-electron chi connectivity index (χ3n) is 2.74. The molecule has 0 radical (unpaired) electrons. The van der Waals surface area contributed by atoms with Crippen molar-refractivity contribution in [2.24, 2.45) is 0 Å². The van der Waals surface area contributed by atoms with Gasteiger partial charge in [0.1, 0.15) is 5.25 Å². The molecule has 1 aromatic rings. The Morgan fingerprint density at radius 1 is 1.21 bits per heavy atom. The summed E-state index contributed by atoms with van der Waals surface area (Å²) in [6, 6.07) is 2.74. The first kappa shape index (κ1) is 14.8. The maximum atomic E-state index is 12.9. The predicted molar refractivity (Wildman–Crippen MR) is 72.3 cm³/mol. The van der Waals surface area contributed by atoms with Crippen molar-refractivity contribution in [2.45, 2.75) is 11.7 Å². The van der Waals surface area contributed by atoms with Gasteiger partial charge in [-0.15, -0.1) is 3.89 Å². The summed E-state index contributed by atoms with van der Waals surface area (Å²) in [5.74, 6) is -0.558. The molecule has 1 fully saturated rings. The number of anilines is 1. The second-order valence-electron chi connectivity index (χ2n) is 4.02. The van der Waals surface area contributed by atoms with Crippen LogP contribution in [0.4, 0.5) is 9.57 Å². The molecule has 1 unspecified atom stereocenters. The van der Waals surface area contributed by atoms with Crippen molar-refractivity contribution in [3.63, 3.8) is 0 Å². The third-order valence-corrected chi connectivity index (χ3v) is 4.65. The van der Waals surface area contributed by atoms with Gasteiger partial charge in [0, 0.05) is 18.0 Å². The van der Waals surface area contributed by atoms with Gasteiger partial charge in [-0.25, -0.2) is 0 Å². The largest absolute Gasteiger partial charge is 0.308 e. The number of halogens is 4. The number of nitrogens with zero attached hydrogens (tertiary/aromatic N) is 1. The van der Waals surface area contributed by atoms with Crippen molar-refractivity contribution < 1.29 is 17.1 Å². The molecule has 0 aliphatic carbocycles. The highest BCUT2D eigenvalue weighted by Gasteiger charge is 2.40. The van der Waals surface area contributed by atoms with Crippen molar-refractivity contribution in [1.82, 2.24) is 0 Å². The Balaban J connectivity index is 2.42. The van der Waals surface area contributed by atoms with Gasteiger partial charge in [0.15, 0.2) is 0 Å². The van der Waals surface area contributed by atoms with Crippen LogP contribution in [0.3, 0.4) is 0 Å². The maximum absolute atomic E-state index is 12.9. The van der Waals surface area contributed by atoms with Gasteiger partial charge in [0.05, 0.1) is 15.7 Å². The van der Waals surface area contributed by atoms with Crippen LogP contribution in [-0.4, -0.2) is 26.1 Å². The molecule has 1 aliphatic rings. The van der Waals surface area contributed by atoms with E-state index in [1.54, 1.807) is 0 Å². The molecular formula is C10H7Cl3FNO3S. The Morgan fingerprint density at radius 2 is 1.74 bits per heavy atom. The first-order valence-electron chi connectivity index (χ1n) is 5.08. The van der Waals surface area contributed by atoms with E-state index in [2.05, 4.69) is 0 Å². The Labute approximate surface area is 124 Å². The highest BCUT2D eigenvalue weighted by Crippen LogP contribution is 2.39. The van der Waals surface area contributed by atoms with Crippen molar-refractivity contribution >= 4 is 56.6 Å². The number of benzene rings is 1. The average molecular weight is 347 g/mol. The molecule has 19 heavy (non-hydrogen) atoms. The summed E-state index contributed by atoms with van der Waals surface area (Å²) < 4.78 is 34.6. The average Bonchev–Trinajstić information content (AvgIpc) is 2.59. The number of hydrogen-bond acceptors (Lipinski definition) is 3. The molecule has 104 valence electrons. The second kappa shape index (κ2) is 5.09. The van der Waals surface area contributed by atoms with Crippen molar-refractivity contribution in [3.05, 3.63) is 27.2 Å². The lowest BCUT2D eigenvalue weighted by Crippen LogP contribution is -2.27. The first-order valence-corrected chi connectivity index (χ1v) is 7.66. The van der Waals surface area contributed by atoms with E-state index >= 15 is 0 Å². The predicted octanol–water partition coefficient (Wildman–Crippen LogP) is 3.05. The molecule has 1 amide bonds. The number of rotatable bonds is 2. The normalized spacial score (nSPS) is 20.1. The Bertz CT molecular complexity index is 626. The van der Waals surface area contributed by atoms with Crippen LogP contribution >= 0.6 is 34.8 Å². The molecule has 0 aromatic heterocycles.